The molecule has 1 N–H and O–H groups in total. The molecule has 0 saturated carbocycles. The summed E-state index contributed by atoms with van der Waals surface area (Å²) in [5.41, 5.74) is 1.86. The molecule has 0 spiro atoms. The lowest BCUT2D eigenvalue weighted by molar-refractivity contribution is 0.0947. The molecular weight excluding hydrogens is 336 g/mol. The molecule has 1 aliphatic rings. The lowest BCUT2D eigenvalue weighted by atomic mass is 9.90. The molecule has 2 aromatic rings. The van der Waals surface area contributed by atoms with Gasteiger partial charge in [0.2, 0.25) is 5.95 Å². The summed E-state index contributed by atoms with van der Waals surface area (Å²) in [6.45, 7) is 6.86. The zero-order valence-corrected chi connectivity index (χ0v) is 16.4. The molecule has 0 unspecified atom stereocenters. The summed E-state index contributed by atoms with van der Waals surface area (Å²) in [7, 11) is 0. The number of carbonyl (C=O) groups is 1. The number of rotatable bonds is 7. The van der Waals surface area contributed by atoms with Crippen LogP contribution < -0.4 is 10.2 Å². The number of hydrogen-bond acceptors (Lipinski definition) is 4. The Kier molecular flexibility index (Phi) is 6.80. The van der Waals surface area contributed by atoms with Crippen LogP contribution in [0.3, 0.4) is 0 Å². The minimum Gasteiger partial charge on any atom is -0.351 e. The standard InChI is InChI=1S/C22H30N4O/c1-17(2)8-12-23-21(27)20-9-13-24-22(25-20)26-14-10-19(11-15-26)16-18-6-4-3-5-7-18/h3-7,9,13,17,19H,8,10-12,14-16H2,1-2H3,(H,23,27). The number of amides is 1. The van der Waals surface area contributed by atoms with E-state index in [9.17, 15) is 4.79 Å². The number of nitrogens with zero attached hydrogens (tertiary/aromatic N) is 3. The first-order valence-corrected chi connectivity index (χ1v) is 10.0. The van der Waals surface area contributed by atoms with Crippen molar-refractivity contribution >= 4 is 11.9 Å². The number of piperidine rings is 1. The van der Waals surface area contributed by atoms with Gasteiger partial charge in [0.15, 0.2) is 0 Å². The van der Waals surface area contributed by atoms with Gasteiger partial charge in [-0.05, 0) is 49.1 Å². The van der Waals surface area contributed by atoms with Crippen LogP contribution >= 0.6 is 0 Å². The molecule has 0 radical (unpaired) electrons. The van der Waals surface area contributed by atoms with Crippen LogP contribution in [-0.4, -0.2) is 35.5 Å². The van der Waals surface area contributed by atoms with Crippen molar-refractivity contribution in [3.8, 4) is 0 Å². The van der Waals surface area contributed by atoms with Gasteiger partial charge in [-0.3, -0.25) is 4.79 Å². The normalized spacial score (nSPS) is 15.1. The van der Waals surface area contributed by atoms with Crippen molar-refractivity contribution in [2.75, 3.05) is 24.5 Å². The second-order valence-corrected chi connectivity index (χ2v) is 7.80. The van der Waals surface area contributed by atoms with Crippen molar-refractivity contribution in [3.63, 3.8) is 0 Å². The Morgan fingerprint density at radius 1 is 1.19 bits per heavy atom. The van der Waals surface area contributed by atoms with Gasteiger partial charge in [0.1, 0.15) is 5.69 Å². The topological polar surface area (TPSA) is 58.1 Å². The quantitative estimate of drug-likeness (QED) is 0.811. The van der Waals surface area contributed by atoms with Crippen LogP contribution in [0.15, 0.2) is 42.6 Å². The first-order chi connectivity index (χ1) is 13.1. The number of benzene rings is 1. The minimum absolute atomic E-state index is 0.113. The van der Waals surface area contributed by atoms with Crippen molar-refractivity contribution < 1.29 is 4.79 Å². The van der Waals surface area contributed by atoms with Gasteiger partial charge >= 0.3 is 0 Å². The first-order valence-electron chi connectivity index (χ1n) is 10.0. The lowest BCUT2D eigenvalue weighted by Crippen LogP contribution is -2.36. The summed E-state index contributed by atoms with van der Waals surface area (Å²) < 4.78 is 0. The van der Waals surface area contributed by atoms with Crippen LogP contribution in [0.1, 0.15) is 49.2 Å². The molecule has 2 heterocycles. The zero-order valence-electron chi connectivity index (χ0n) is 16.4. The molecule has 1 aromatic heterocycles. The van der Waals surface area contributed by atoms with Gasteiger partial charge in [0.25, 0.3) is 5.91 Å². The monoisotopic (exact) mass is 366 g/mol. The summed E-state index contributed by atoms with van der Waals surface area (Å²) in [4.78, 5) is 23.4. The molecule has 144 valence electrons. The van der Waals surface area contributed by atoms with Crippen molar-refractivity contribution in [2.45, 2.75) is 39.5 Å². The Labute approximate surface area is 162 Å². The van der Waals surface area contributed by atoms with Crippen LogP contribution in [0.25, 0.3) is 0 Å². The summed E-state index contributed by atoms with van der Waals surface area (Å²) in [6, 6.07) is 12.4. The number of anilines is 1. The van der Waals surface area contributed by atoms with E-state index in [-0.39, 0.29) is 5.91 Å². The molecule has 5 heteroatoms. The van der Waals surface area contributed by atoms with E-state index in [1.54, 1.807) is 12.3 Å². The Morgan fingerprint density at radius 2 is 1.93 bits per heavy atom. The molecule has 0 atom stereocenters. The highest BCUT2D eigenvalue weighted by atomic mass is 16.1. The number of nitrogens with one attached hydrogen (secondary N) is 1. The first kappa shape index (κ1) is 19.3. The molecule has 1 aliphatic heterocycles. The second-order valence-electron chi connectivity index (χ2n) is 7.80. The summed E-state index contributed by atoms with van der Waals surface area (Å²) in [5, 5.41) is 2.95. The van der Waals surface area contributed by atoms with Gasteiger partial charge < -0.3 is 10.2 Å². The Balaban J connectivity index is 1.53. The summed E-state index contributed by atoms with van der Waals surface area (Å²) in [5.74, 6) is 1.83. The smallest absolute Gasteiger partial charge is 0.270 e. The van der Waals surface area contributed by atoms with E-state index < -0.39 is 0 Å². The lowest BCUT2D eigenvalue weighted by Gasteiger charge is -2.32. The second kappa shape index (κ2) is 9.49. The number of aromatic nitrogens is 2. The average molecular weight is 367 g/mol. The third kappa shape index (κ3) is 5.78. The van der Waals surface area contributed by atoms with E-state index in [0.29, 0.717) is 30.0 Å². The molecule has 1 fully saturated rings. The van der Waals surface area contributed by atoms with Crippen molar-refractivity contribution in [1.29, 1.82) is 0 Å². The molecule has 27 heavy (non-hydrogen) atoms. The Bertz CT molecular complexity index is 724. The maximum absolute atomic E-state index is 12.3. The summed E-state index contributed by atoms with van der Waals surface area (Å²) >= 11 is 0. The average Bonchev–Trinajstić information content (AvgIpc) is 2.69. The number of hydrogen-bond donors (Lipinski definition) is 1. The molecule has 1 amide bonds. The Hall–Kier alpha value is -2.43. The minimum atomic E-state index is -0.113. The van der Waals surface area contributed by atoms with Gasteiger partial charge in [0.05, 0.1) is 0 Å². The molecular formula is C22H30N4O. The van der Waals surface area contributed by atoms with Crippen LogP contribution in [0.4, 0.5) is 5.95 Å². The van der Waals surface area contributed by atoms with Crippen molar-refractivity contribution in [1.82, 2.24) is 15.3 Å². The number of carbonyl (C=O) groups excluding carboxylic acids is 1. The SMILES string of the molecule is CC(C)CCNC(=O)c1ccnc(N2CCC(Cc3ccccc3)CC2)n1. The van der Waals surface area contributed by atoms with Gasteiger partial charge in [-0.15, -0.1) is 0 Å². The zero-order chi connectivity index (χ0) is 19.1. The predicted molar refractivity (Wildman–Crippen MR) is 109 cm³/mol. The van der Waals surface area contributed by atoms with Crippen LogP contribution in [-0.2, 0) is 6.42 Å². The Morgan fingerprint density at radius 3 is 2.63 bits per heavy atom. The summed E-state index contributed by atoms with van der Waals surface area (Å²) in [6.07, 6.45) is 6.05. The van der Waals surface area contributed by atoms with E-state index in [1.807, 2.05) is 0 Å². The van der Waals surface area contributed by atoms with E-state index in [4.69, 9.17) is 0 Å². The molecule has 1 saturated heterocycles. The fraction of sp³-hybridized carbons (Fsp3) is 0.500. The van der Waals surface area contributed by atoms with Gasteiger partial charge in [0, 0.05) is 25.8 Å². The van der Waals surface area contributed by atoms with Gasteiger partial charge in [-0.2, -0.15) is 0 Å². The van der Waals surface area contributed by atoms with E-state index in [0.717, 1.165) is 38.8 Å². The fourth-order valence-electron chi connectivity index (χ4n) is 3.48. The third-order valence-corrected chi connectivity index (χ3v) is 5.15. The maximum atomic E-state index is 12.3. The maximum Gasteiger partial charge on any atom is 0.270 e. The molecule has 0 aliphatic carbocycles. The van der Waals surface area contributed by atoms with Gasteiger partial charge in [-0.1, -0.05) is 44.2 Å². The third-order valence-electron chi connectivity index (χ3n) is 5.15. The predicted octanol–water partition coefficient (Wildman–Crippen LogP) is 3.71. The highest BCUT2D eigenvalue weighted by Crippen LogP contribution is 2.23. The fourth-order valence-corrected chi connectivity index (χ4v) is 3.48. The van der Waals surface area contributed by atoms with E-state index >= 15 is 0 Å². The van der Waals surface area contributed by atoms with Crippen LogP contribution in [0.5, 0.6) is 0 Å². The molecule has 5 nitrogen and oxygen atoms in total. The largest absolute Gasteiger partial charge is 0.351 e. The highest BCUT2D eigenvalue weighted by molar-refractivity contribution is 5.92. The molecule has 0 bridgehead atoms. The van der Waals surface area contributed by atoms with Gasteiger partial charge in [-0.25, -0.2) is 9.97 Å². The van der Waals surface area contributed by atoms with Crippen LogP contribution in [0, 0.1) is 11.8 Å². The van der Waals surface area contributed by atoms with E-state index in [2.05, 4.69) is 64.4 Å². The van der Waals surface area contributed by atoms with E-state index in [1.165, 1.54) is 5.56 Å². The molecule has 1 aromatic carbocycles. The highest BCUT2D eigenvalue weighted by Gasteiger charge is 2.22. The van der Waals surface area contributed by atoms with Crippen molar-refractivity contribution in [3.05, 3.63) is 53.9 Å². The van der Waals surface area contributed by atoms with Crippen LogP contribution in [0.2, 0.25) is 0 Å². The van der Waals surface area contributed by atoms with Crippen molar-refractivity contribution in [2.24, 2.45) is 11.8 Å². The molecule has 3 rings (SSSR count).